The first-order chi connectivity index (χ1) is 6.88. The Balaban J connectivity index is 2.03. The highest BCUT2D eigenvalue weighted by Gasteiger charge is 2.14. The van der Waals surface area contributed by atoms with Crippen LogP contribution in [0.2, 0.25) is 0 Å². The minimum atomic E-state index is 0.943. The minimum Gasteiger partial charge on any atom is -0.314 e. The number of hydrazine groups is 2. The van der Waals surface area contributed by atoms with E-state index in [0.29, 0.717) is 0 Å². The van der Waals surface area contributed by atoms with Gasteiger partial charge >= 0.3 is 0 Å². The van der Waals surface area contributed by atoms with Crippen molar-refractivity contribution in [3.8, 4) is 0 Å². The second-order valence-corrected chi connectivity index (χ2v) is 3.25. The summed E-state index contributed by atoms with van der Waals surface area (Å²) in [6.45, 7) is 3.86. The Bertz CT molecular complexity index is 270. The van der Waals surface area contributed by atoms with Crippen molar-refractivity contribution in [2.24, 2.45) is 5.84 Å². The summed E-state index contributed by atoms with van der Waals surface area (Å²) in [5, 5.41) is 7.10. The third kappa shape index (κ3) is 2.01. The summed E-state index contributed by atoms with van der Waals surface area (Å²) in [4.78, 5) is 3.96. The maximum atomic E-state index is 5.97. The van der Waals surface area contributed by atoms with Crippen molar-refractivity contribution in [1.29, 1.82) is 0 Å². The zero-order chi connectivity index (χ0) is 9.80. The van der Waals surface area contributed by atoms with Gasteiger partial charge in [-0.05, 0) is 12.1 Å². The van der Waals surface area contributed by atoms with E-state index in [0.717, 1.165) is 31.9 Å². The van der Waals surface area contributed by atoms with Crippen molar-refractivity contribution in [2.75, 3.05) is 31.3 Å². The first kappa shape index (κ1) is 9.39. The molecular weight excluding hydrogens is 178 g/mol. The Labute approximate surface area is 83.5 Å². The lowest BCUT2D eigenvalue weighted by atomic mass is 10.4. The maximum absolute atomic E-state index is 5.97. The molecule has 1 fully saturated rings. The third-order valence-corrected chi connectivity index (χ3v) is 2.33. The average molecular weight is 193 g/mol. The van der Waals surface area contributed by atoms with Crippen LogP contribution in [0.4, 0.5) is 5.69 Å². The number of pyridine rings is 1. The highest BCUT2D eigenvalue weighted by atomic mass is 15.8. The molecule has 1 aliphatic rings. The zero-order valence-electron chi connectivity index (χ0n) is 8.06. The van der Waals surface area contributed by atoms with Gasteiger partial charge in [0.25, 0.3) is 0 Å². The molecule has 2 heterocycles. The summed E-state index contributed by atoms with van der Waals surface area (Å²) in [6, 6.07) is 3.81. The van der Waals surface area contributed by atoms with E-state index in [2.05, 4.69) is 15.3 Å². The van der Waals surface area contributed by atoms with E-state index in [1.807, 2.05) is 12.1 Å². The number of nitrogens with zero attached hydrogens (tertiary/aromatic N) is 3. The van der Waals surface area contributed by atoms with Gasteiger partial charge in [0.15, 0.2) is 0 Å². The Kier molecular flexibility index (Phi) is 2.93. The van der Waals surface area contributed by atoms with E-state index < -0.39 is 0 Å². The molecule has 0 spiro atoms. The van der Waals surface area contributed by atoms with Crippen LogP contribution in [0.1, 0.15) is 0 Å². The molecule has 5 nitrogen and oxygen atoms in total. The van der Waals surface area contributed by atoms with E-state index in [-0.39, 0.29) is 0 Å². The number of hydrogen-bond donors (Lipinski definition) is 2. The first-order valence-corrected chi connectivity index (χ1v) is 4.78. The molecule has 0 bridgehead atoms. The normalized spacial score (nSPS) is 18.1. The lowest BCUT2D eigenvalue weighted by Gasteiger charge is -2.35. The summed E-state index contributed by atoms with van der Waals surface area (Å²) < 4.78 is 0. The van der Waals surface area contributed by atoms with Crippen LogP contribution in [-0.2, 0) is 0 Å². The highest BCUT2D eigenvalue weighted by molar-refractivity contribution is 5.41. The second kappa shape index (κ2) is 4.36. The Morgan fingerprint density at radius 1 is 1.29 bits per heavy atom. The number of rotatable bonds is 2. The first-order valence-electron chi connectivity index (χ1n) is 4.78. The van der Waals surface area contributed by atoms with Crippen molar-refractivity contribution in [3.63, 3.8) is 0 Å². The van der Waals surface area contributed by atoms with Crippen molar-refractivity contribution in [2.45, 2.75) is 0 Å². The van der Waals surface area contributed by atoms with E-state index in [9.17, 15) is 0 Å². The maximum Gasteiger partial charge on any atom is 0.0732 e. The van der Waals surface area contributed by atoms with Crippen LogP contribution in [0, 0.1) is 0 Å². The molecule has 0 atom stereocenters. The molecule has 0 amide bonds. The van der Waals surface area contributed by atoms with Crippen molar-refractivity contribution < 1.29 is 0 Å². The molecule has 0 saturated carbocycles. The molecule has 1 aromatic rings. The van der Waals surface area contributed by atoms with Gasteiger partial charge in [-0.15, -0.1) is 0 Å². The van der Waals surface area contributed by atoms with E-state index >= 15 is 0 Å². The summed E-state index contributed by atoms with van der Waals surface area (Å²) >= 11 is 0. The zero-order valence-corrected chi connectivity index (χ0v) is 8.06. The van der Waals surface area contributed by atoms with Gasteiger partial charge in [0.2, 0.25) is 0 Å². The monoisotopic (exact) mass is 193 g/mol. The molecule has 2 rings (SSSR count). The summed E-state index contributed by atoms with van der Waals surface area (Å²) in [5.74, 6) is 5.97. The quantitative estimate of drug-likeness (QED) is 0.493. The van der Waals surface area contributed by atoms with E-state index in [1.54, 1.807) is 17.5 Å². The Morgan fingerprint density at radius 3 is 2.57 bits per heavy atom. The fourth-order valence-corrected chi connectivity index (χ4v) is 1.53. The number of hydrogen-bond acceptors (Lipinski definition) is 5. The molecule has 14 heavy (non-hydrogen) atoms. The number of piperazine rings is 1. The average Bonchev–Trinajstić information content (AvgIpc) is 2.30. The molecule has 1 aromatic heterocycles. The predicted molar refractivity (Wildman–Crippen MR) is 55.3 cm³/mol. The van der Waals surface area contributed by atoms with Crippen molar-refractivity contribution in [1.82, 2.24) is 15.3 Å². The highest BCUT2D eigenvalue weighted by Crippen LogP contribution is 2.10. The van der Waals surface area contributed by atoms with Gasteiger partial charge in [0, 0.05) is 38.6 Å². The molecule has 76 valence electrons. The van der Waals surface area contributed by atoms with E-state index in [1.165, 1.54) is 0 Å². The Hall–Kier alpha value is -1.17. The number of nitrogens with one attached hydrogen (secondary N) is 1. The SMILES string of the molecule is NN(c1ccncc1)N1CCNCC1. The molecule has 0 aliphatic carbocycles. The van der Waals surface area contributed by atoms with Crippen molar-refractivity contribution in [3.05, 3.63) is 24.5 Å². The number of anilines is 1. The van der Waals surface area contributed by atoms with E-state index in [4.69, 9.17) is 5.84 Å². The fourth-order valence-electron chi connectivity index (χ4n) is 1.53. The minimum absolute atomic E-state index is 0.943. The molecular formula is C9H15N5. The summed E-state index contributed by atoms with van der Waals surface area (Å²) in [5.41, 5.74) is 0.974. The number of aromatic nitrogens is 1. The van der Waals surface area contributed by atoms with Gasteiger partial charge in [-0.1, -0.05) is 0 Å². The molecule has 3 N–H and O–H groups in total. The molecule has 1 aliphatic heterocycles. The standard InChI is InChI=1S/C9H15N5/c10-14(9-1-3-11-4-2-9)13-7-5-12-6-8-13/h1-4,12H,5-8,10H2. The van der Waals surface area contributed by atoms with Gasteiger partial charge in [-0.2, -0.15) is 0 Å². The molecule has 0 aromatic carbocycles. The molecule has 5 heteroatoms. The lowest BCUT2D eigenvalue weighted by Crippen LogP contribution is -2.55. The van der Waals surface area contributed by atoms with Gasteiger partial charge in [0.05, 0.1) is 5.69 Å². The predicted octanol–water partition coefficient (Wildman–Crippen LogP) is -0.418. The van der Waals surface area contributed by atoms with Gasteiger partial charge in [-0.25, -0.2) is 16.0 Å². The van der Waals surface area contributed by atoms with Gasteiger partial charge in [-0.3, -0.25) is 4.98 Å². The largest absolute Gasteiger partial charge is 0.314 e. The lowest BCUT2D eigenvalue weighted by molar-refractivity contribution is 0.220. The molecule has 0 unspecified atom stereocenters. The summed E-state index contributed by atoms with van der Waals surface area (Å²) in [6.07, 6.45) is 3.49. The molecule has 1 saturated heterocycles. The van der Waals surface area contributed by atoms with Gasteiger partial charge in [0.1, 0.15) is 0 Å². The molecule has 0 radical (unpaired) electrons. The number of nitrogens with two attached hydrogens (primary N) is 1. The van der Waals surface area contributed by atoms with Crippen LogP contribution in [0.15, 0.2) is 24.5 Å². The topological polar surface area (TPSA) is 57.4 Å². The van der Waals surface area contributed by atoms with Crippen LogP contribution in [0.5, 0.6) is 0 Å². The van der Waals surface area contributed by atoms with Crippen LogP contribution >= 0.6 is 0 Å². The second-order valence-electron chi connectivity index (χ2n) is 3.25. The van der Waals surface area contributed by atoms with Crippen LogP contribution < -0.4 is 16.3 Å². The third-order valence-electron chi connectivity index (χ3n) is 2.33. The smallest absolute Gasteiger partial charge is 0.0732 e. The van der Waals surface area contributed by atoms with Gasteiger partial charge < -0.3 is 5.32 Å². The van der Waals surface area contributed by atoms with Crippen LogP contribution in [-0.4, -0.2) is 36.2 Å². The van der Waals surface area contributed by atoms with Crippen LogP contribution in [0.25, 0.3) is 0 Å². The van der Waals surface area contributed by atoms with Crippen molar-refractivity contribution >= 4 is 5.69 Å². The Morgan fingerprint density at radius 2 is 1.93 bits per heavy atom. The summed E-state index contributed by atoms with van der Waals surface area (Å²) in [7, 11) is 0. The van der Waals surface area contributed by atoms with Crippen LogP contribution in [0.3, 0.4) is 0 Å². The fraction of sp³-hybridized carbons (Fsp3) is 0.444.